The second kappa shape index (κ2) is 3.98. The predicted molar refractivity (Wildman–Crippen MR) is 55.8 cm³/mol. The molecule has 1 aromatic carbocycles. The van der Waals surface area contributed by atoms with Crippen molar-refractivity contribution in [1.82, 2.24) is 10.3 Å². The minimum absolute atomic E-state index is 0.394. The Morgan fingerprint density at radius 1 is 1.53 bits per heavy atom. The summed E-state index contributed by atoms with van der Waals surface area (Å²) in [4.78, 5) is 11.4. The summed E-state index contributed by atoms with van der Waals surface area (Å²) in [7, 11) is 1.34. The fourth-order valence-electron chi connectivity index (χ4n) is 1.34. The maximum atomic E-state index is 11.4. The summed E-state index contributed by atoms with van der Waals surface area (Å²) in [5.74, 6) is -0.394. The van der Waals surface area contributed by atoms with Crippen molar-refractivity contribution in [2.24, 2.45) is 0 Å². The van der Waals surface area contributed by atoms with Gasteiger partial charge in [-0.1, -0.05) is 15.9 Å². The molecule has 0 aliphatic rings. The largest absolute Gasteiger partial charge is 0.465 e. The molecule has 0 saturated carbocycles. The number of carbonyl (C=O) groups is 1. The standard InChI is InChI=1S/C9H7BrN2O3/c1-14-9(13)5-2-3-7-8(6(5)4-10)12-15-11-7/h2-3H,4H2,1H3. The first kappa shape index (κ1) is 10.1. The molecule has 0 radical (unpaired) electrons. The van der Waals surface area contributed by atoms with Crippen molar-refractivity contribution in [2.45, 2.75) is 5.33 Å². The van der Waals surface area contributed by atoms with Gasteiger partial charge in [-0.05, 0) is 22.4 Å². The number of benzene rings is 1. The lowest BCUT2D eigenvalue weighted by molar-refractivity contribution is 0.0600. The molecule has 5 nitrogen and oxygen atoms in total. The Morgan fingerprint density at radius 2 is 2.33 bits per heavy atom. The van der Waals surface area contributed by atoms with Crippen LogP contribution in [-0.2, 0) is 10.1 Å². The minimum atomic E-state index is -0.394. The number of esters is 1. The van der Waals surface area contributed by atoms with E-state index in [1.54, 1.807) is 12.1 Å². The Bertz CT molecular complexity index is 509. The molecule has 0 spiro atoms. The number of nitrogens with zero attached hydrogens (tertiary/aromatic N) is 2. The summed E-state index contributed by atoms with van der Waals surface area (Å²) < 4.78 is 9.27. The van der Waals surface area contributed by atoms with Crippen LogP contribution in [0.25, 0.3) is 11.0 Å². The Hall–Kier alpha value is -1.43. The van der Waals surface area contributed by atoms with Crippen molar-refractivity contribution in [1.29, 1.82) is 0 Å². The summed E-state index contributed by atoms with van der Waals surface area (Å²) in [6, 6.07) is 3.32. The number of hydrogen-bond donors (Lipinski definition) is 0. The molecule has 6 heteroatoms. The average Bonchev–Trinajstić information content (AvgIpc) is 2.74. The van der Waals surface area contributed by atoms with Gasteiger partial charge >= 0.3 is 5.97 Å². The van der Waals surface area contributed by atoms with Gasteiger partial charge in [0.2, 0.25) is 0 Å². The molecule has 0 N–H and O–H groups in total. The van der Waals surface area contributed by atoms with Gasteiger partial charge in [0.05, 0.1) is 12.7 Å². The number of methoxy groups -OCH3 is 1. The lowest BCUT2D eigenvalue weighted by Gasteiger charge is -2.03. The second-order valence-electron chi connectivity index (χ2n) is 2.85. The van der Waals surface area contributed by atoms with E-state index in [4.69, 9.17) is 0 Å². The van der Waals surface area contributed by atoms with Crippen LogP contribution in [0.5, 0.6) is 0 Å². The lowest BCUT2D eigenvalue weighted by atomic mass is 10.1. The van der Waals surface area contributed by atoms with E-state index in [-0.39, 0.29) is 0 Å². The minimum Gasteiger partial charge on any atom is -0.465 e. The highest BCUT2D eigenvalue weighted by atomic mass is 79.9. The average molecular weight is 271 g/mol. The number of rotatable bonds is 2. The number of ether oxygens (including phenoxy) is 1. The molecule has 0 bridgehead atoms. The van der Waals surface area contributed by atoms with E-state index in [0.717, 1.165) is 5.56 Å². The van der Waals surface area contributed by atoms with Gasteiger partial charge in [0, 0.05) is 10.9 Å². The molecule has 2 aromatic rings. The van der Waals surface area contributed by atoms with Crippen LogP contribution in [0.3, 0.4) is 0 Å². The number of halogens is 1. The quantitative estimate of drug-likeness (QED) is 0.616. The van der Waals surface area contributed by atoms with Crippen molar-refractivity contribution >= 4 is 32.9 Å². The Labute approximate surface area is 93.5 Å². The van der Waals surface area contributed by atoms with Gasteiger partial charge in [-0.3, -0.25) is 0 Å². The first-order valence-electron chi connectivity index (χ1n) is 4.16. The van der Waals surface area contributed by atoms with Crippen LogP contribution in [0.4, 0.5) is 0 Å². The van der Waals surface area contributed by atoms with E-state index >= 15 is 0 Å². The maximum absolute atomic E-state index is 11.4. The topological polar surface area (TPSA) is 65.2 Å². The normalized spacial score (nSPS) is 10.5. The Kier molecular flexibility index (Phi) is 2.68. The van der Waals surface area contributed by atoms with Gasteiger partial charge in [0.15, 0.2) is 0 Å². The summed E-state index contributed by atoms with van der Waals surface area (Å²) in [6.45, 7) is 0. The SMILES string of the molecule is COC(=O)c1ccc2nonc2c1CBr. The zero-order valence-corrected chi connectivity index (χ0v) is 9.44. The molecule has 0 amide bonds. The van der Waals surface area contributed by atoms with Gasteiger partial charge in [0.25, 0.3) is 0 Å². The first-order chi connectivity index (χ1) is 7.27. The zero-order chi connectivity index (χ0) is 10.8. The summed E-state index contributed by atoms with van der Waals surface area (Å²) in [6.07, 6.45) is 0. The highest BCUT2D eigenvalue weighted by molar-refractivity contribution is 9.08. The third-order valence-electron chi connectivity index (χ3n) is 2.07. The van der Waals surface area contributed by atoms with Gasteiger partial charge in [-0.25, -0.2) is 9.42 Å². The van der Waals surface area contributed by atoms with Crippen molar-refractivity contribution < 1.29 is 14.2 Å². The van der Waals surface area contributed by atoms with E-state index in [1.165, 1.54) is 7.11 Å². The first-order valence-corrected chi connectivity index (χ1v) is 5.28. The molecule has 0 unspecified atom stereocenters. The van der Waals surface area contributed by atoms with Crippen LogP contribution in [0, 0.1) is 0 Å². The highest BCUT2D eigenvalue weighted by Gasteiger charge is 2.16. The van der Waals surface area contributed by atoms with E-state index < -0.39 is 5.97 Å². The molecular formula is C9H7BrN2O3. The fourth-order valence-corrected chi connectivity index (χ4v) is 1.91. The number of carbonyl (C=O) groups excluding carboxylic acids is 1. The molecule has 78 valence electrons. The number of alkyl halides is 1. The third kappa shape index (κ3) is 1.61. The summed E-state index contributed by atoms with van der Waals surface area (Å²) in [5.41, 5.74) is 2.39. The monoisotopic (exact) mass is 270 g/mol. The van der Waals surface area contributed by atoms with E-state index in [2.05, 4.69) is 35.6 Å². The van der Waals surface area contributed by atoms with Crippen LogP contribution in [0.15, 0.2) is 16.8 Å². The van der Waals surface area contributed by atoms with Gasteiger partial charge in [0.1, 0.15) is 11.0 Å². The van der Waals surface area contributed by atoms with Gasteiger partial charge < -0.3 is 4.74 Å². The molecule has 0 aliphatic carbocycles. The van der Waals surface area contributed by atoms with Gasteiger partial charge in [-0.15, -0.1) is 0 Å². The predicted octanol–water partition coefficient (Wildman–Crippen LogP) is 1.90. The molecule has 2 rings (SSSR count). The highest BCUT2D eigenvalue weighted by Crippen LogP contribution is 2.22. The molecule has 15 heavy (non-hydrogen) atoms. The molecule has 0 saturated heterocycles. The third-order valence-corrected chi connectivity index (χ3v) is 2.63. The van der Waals surface area contributed by atoms with Crippen LogP contribution in [0.2, 0.25) is 0 Å². The number of aromatic nitrogens is 2. The molecule has 1 heterocycles. The van der Waals surface area contributed by atoms with Crippen molar-refractivity contribution in [2.75, 3.05) is 7.11 Å². The van der Waals surface area contributed by atoms with Crippen molar-refractivity contribution in [3.63, 3.8) is 0 Å². The van der Waals surface area contributed by atoms with Crippen molar-refractivity contribution in [3.05, 3.63) is 23.3 Å². The number of fused-ring (bicyclic) bond motifs is 1. The summed E-state index contributed by atoms with van der Waals surface area (Å²) in [5, 5.41) is 7.93. The molecule has 1 aromatic heterocycles. The fraction of sp³-hybridized carbons (Fsp3) is 0.222. The van der Waals surface area contributed by atoms with E-state index in [9.17, 15) is 4.79 Å². The second-order valence-corrected chi connectivity index (χ2v) is 3.41. The zero-order valence-electron chi connectivity index (χ0n) is 7.86. The smallest absolute Gasteiger partial charge is 0.338 e. The Balaban J connectivity index is 2.69. The number of hydrogen-bond acceptors (Lipinski definition) is 5. The van der Waals surface area contributed by atoms with Crippen LogP contribution >= 0.6 is 15.9 Å². The molecular weight excluding hydrogens is 264 g/mol. The van der Waals surface area contributed by atoms with Crippen LogP contribution in [0.1, 0.15) is 15.9 Å². The summed E-state index contributed by atoms with van der Waals surface area (Å²) >= 11 is 3.29. The van der Waals surface area contributed by atoms with Gasteiger partial charge in [-0.2, -0.15) is 0 Å². The van der Waals surface area contributed by atoms with Crippen LogP contribution in [-0.4, -0.2) is 23.4 Å². The lowest BCUT2D eigenvalue weighted by Crippen LogP contribution is -2.05. The van der Waals surface area contributed by atoms with E-state index in [0.29, 0.717) is 21.9 Å². The Morgan fingerprint density at radius 3 is 3.00 bits per heavy atom. The van der Waals surface area contributed by atoms with Crippen LogP contribution < -0.4 is 0 Å². The molecule has 0 fully saturated rings. The molecule has 0 aliphatic heterocycles. The maximum Gasteiger partial charge on any atom is 0.338 e. The van der Waals surface area contributed by atoms with Crippen molar-refractivity contribution in [3.8, 4) is 0 Å². The van der Waals surface area contributed by atoms with E-state index in [1.807, 2.05) is 0 Å². The molecule has 0 atom stereocenters.